The normalized spacial score (nSPS) is 17.5. The molecule has 1 heterocycles. The lowest BCUT2D eigenvalue weighted by atomic mass is 10.1. The molecule has 0 amide bonds. The molecule has 1 saturated heterocycles. The fourth-order valence-corrected chi connectivity index (χ4v) is 2.35. The van der Waals surface area contributed by atoms with Crippen molar-refractivity contribution in [1.82, 2.24) is 0 Å². The lowest BCUT2D eigenvalue weighted by Crippen LogP contribution is -2.25. The molecule has 1 aromatic rings. The highest BCUT2D eigenvalue weighted by molar-refractivity contribution is 5.98. The molecule has 7 nitrogen and oxygen atoms in total. The second-order valence-electron chi connectivity index (χ2n) is 5.52. The SMILES string of the molecule is COC(=O)/C=C(/Nc1ccc(OCC2CCCCO2)cc1)C(=O)OC. The maximum absolute atomic E-state index is 11.7. The average molecular weight is 349 g/mol. The van der Waals surface area contributed by atoms with Crippen LogP contribution >= 0.6 is 0 Å². The maximum atomic E-state index is 11.7. The maximum Gasteiger partial charge on any atom is 0.354 e. The van der Waals surface area contributed by atoms with Crippen molar-refractivity contribution in [2.75, 3.05) is 32.8 Å². The van der Waals surface area contributed by atoms with E-state index in [1.807, 2.05) is 0 Å². The van der Waals surface area contributed by atoms with Gasteiger partial charge in [-0.05, 0) is 43.5 Å². The third-order valence-electron chi connectivity index (χ3n) is 3.71. The zero-order valence-electron chi connectivity index (χ0n) is 14.4. The largest absolute Gasteiger partial charge is 0.491 e. The third-order valence-corrected chi connectivity index (χ3v) is 3.71. The first-order valence-electron chi connectivity index (χ1n) is 8.12. The smallest absolute Gasteiger partial charge is 0.354 e. The minimum Gasteiger partial charge on any atom is -0.491 e. The third kappa shape index (κ3) is 6.11. The van der Waals surface area contributed by atoms with Crippen LogP contribution in [0, 0.1) is 0 Å². The highest BCUT2D eigenvalue weighted by Crippen LogP contribution is 2.19. The first-order chi connectivity index (χ1) is 12.1. The minimum atomic E-state index is -0.667. The first kappa shape index (κ1) is 18.8. The van der Waals surface area contributed by atoms with Gasteiger partial charge in [0.2, 0.25) is 0 Å². The molecule has 0 spiro atoms. The van der Waals surface area contributed by atoms with E-state index in [0.29, 0.717) is 18.0 Å². The molecular weight excluding hydrogens is 326 g/mol. The van der Waals surface area contributed by atoms with Crippen molar-refractivity contribution < 1.29 is 28.5 Å². The molecule has 0 aromatic heterocycles. The van der Waals surface area contributed by atoms with Crippen LogP contribution in [-0.2, 0) is 23.8 Å². The Morgan fingerprint density at radius 3 is 2.56 bits per heavy atom. The Hall–Kier alpha value is -2.54. The molecule has 25 heavy (non-hydrogen) atoms. The summed E-state index contributed by atoms with van der Waals surface area (Å²) in [5.74, 6) is -0.614. The van der Waals surface area contributed by atoms with E-state index in [1.54, 1.807) is 24.3 Å². The van der Waals surface area contributed by atoms with E-state index < -0.39 is 11.9 Å². The first-order valence-corrected chi connectivity index (χ1v) is 8.12. The molecule has 2 rings (SSSR count). The van der Waals surface area contributed by atoms with Gasteiger partial charge in [0.15, 0.2) is 0 Å². The van der Waals surface area contributed by atoms with Crippen molar-refractivity contribution in [3.63, 3.8) is 0 Å². The molecule has 0 bridgehead atoms. The number of methoxy groups -OCH3 is 2. The Bertz CT molecular complexity index is 604. The van der Waals surface area contributed by atoms with Gasteiger partial charge in [-0.3, -0.25) is 0 Å². The molecule has 1 atom stereocenters. The number of carbonyl (C=O) groups is 2. The van der Waals surface area contributed by atoms with Gasteiger partial charge in [-0.15, -0.1) is 0 Å². The van der Waals surface area contributed by atoms with Gasteiger partial charge >= 0.3 is 11.9 Å². The number of rotatable bonds is 7. The number of carbonyl (C=O) groups excluding carboxylic acids is 2. The number of esters is 2. The monoisotopic (exact) mass is 349 g/mol. The topological polar surface area (TPSA) is 83.1 Å². The molecule has 1 fully saturated rings. The van der Waals surface area contributed by atoms with Crippen LogP contribution in [0.1, 0.15) is 19.3 Å². The van der Waals surface area contributed by atoms with Crippen LogP contribution in [0.25, 0.3) is 0 Å². The Morgan fingerprint density at radius 2 is 1.96 bits per heavy atom. The summed E-state index contributed by atoms with van der Waals surface area (Å²) in [6, 6.07) is 7.03. The summed E-state index contributed by atoms with van der Waals surface area (Å²) in [4.78, 5) is 23.1. The van der Waals surface area contributed by atoms with Gasteiger partial charge in [0.25, 0.3) is 0 Å². The van der Waals surface area contributed by atoms with Gasteiger partial charge in [0, 0.05) is 12.3 Å². The Kier molecular flexibility index (Phi) is 7.28. The van der Waals surface area contributed by atoms with Crippen LogP contribution in [0.2, 0.25) is 0 Å². The fourth-order valence-electron chi connectivity index (χ4n) is 2.35. The molecule has 1 aliphatic rings. The standard InChI is InChI=1S/C18H23NO6/c1-22-17(20)11-16(18(21)23-2)19-13-6-8-14(9-7-13)25-12-15-5-3-4-10-24-15/h6-9,11,15,19H,3-5,10,12H2,1-2H3/b16-11+. The van der Waals surface area contributed by atoms with E-state index in [-0.39, 0.29) is 11.8 Å². The molecule has 0 saturated carbocycles. The predicted octanol–water partition coefficient (Wildman–Crippen LogP) is 2.28. The highest BCUT2D eigenvalue weighted by atomic mass is 16.5. The van der Waals surface area contributed by atoms with Gasteiger partial charge in [-0.2, -0.15) is 0 Å². The van der Waals surface area contributed by atoms with Crippen molar-refractivity contribution >= 4 is 17.6 Å². The number of anilines is 1. The van der Waals surface area contributed by atoms with E-state index in [1.165, 1.54) is 20.6 Å². The highest BCUT2D eigenvalue weighted by Gasteiger charge is 2.15. The Morgan fingerprint density at radius 1 is 1.20 bits per heavy atom. The van der Waals surface area contributed by atoms with Crippen molar-refractivity contribution in [3.8, 4) is 5.75 Å². The van der Waals surface area contributed by atoms with Gasteiger partial charge < -0.3 is 24.3 Å². The second kappa shape index (κ2) is 9.68. The van der Waals surface area contributed by atoms with Crippen LogP contribution < -0.4 is 10.1 Å². The van der Waals surface area contributed by atoms with Crippen molar-refractivity contribution in [1.29, 1.82) is 0 Å². The lowest BCUT2D eigenvalue weighted by Gasteiger charge is -2.22. The van der Waals surface area contributed by atoms with Crippen molar-refractivity contribution in [3.05, 3.63) is 36.0 Å². The number of hydrogen-bond donors (Lipinski definition) is 1. The minimum absolute atomic E-state index is 0.0152. The molecule has 136 valence electrons. The van der Waals surface area contributed by atoms with E-state index in [2.05, 4.69) is 14.8 Å². The van der Waals surface area contributed by atoms with Crippen molar-refractivity contribution in [2.24, 2.45) is 0 Å². The molecule has 7 heteroatoms. The van der Waals surface area contributed by atoms with Crippen LogP contribution in [0.5, 0.6) is 5.75 Å². The Labute approximate surface area is 146 Å². The fraction of sp³-hybridized carbons (Fsp3) is 0.444. The molecule has 1 aromatic carbocycles. The summed E-state index contributed by atoms with van der Waals surface area (Å²) in [5, 5.41) is 2.83. The predicted molar refractivity (Wildman–Crippen MR) is 91.3 cm³/mol. The van der Waals surface area contributed by atoms with Crippen LogP contribution in [0.4, 0.5) is 5.69 Å². The molecule has 0 aliphatic carbocycles. The summed E-state index contributed by atoms with van der Waals surface area (Å²) >= 11 is 0. The van der Waals surface area contributed by atoms with Gasteiger partial charge in [-0.1, -0.05) is 0 Å². The second-order valence-corrected chi connectivity index (χ2v) is 5.52. The quantitative estimate of drug-likeness (QED) is 0.597. The van der Waals surface area contributed by atoms with Crippen LogP contribution in [0.3, 0.4) is 0 Å². The molecule has 1 unspecified atom stereocenters. The molecule has 0 radical (unpaired) electrons. The number of benzene rings is 1. The summed E-state index contributed by atoms with van der Waals surface area (Å²) in [7, 11) is 2.47. The van der Waals surface area contributed by atoms with Gasteiger partial charge in [0.1, 0.15) is 18.1 Å². The van der Waals surface area contributed by atoms with E-state index in [4.69, 9.17) is 9.47 Å². The number of nitrogens with one attached hydrogen (secondary N) is 1. The van der Waals surface area contributed by atoms with Crippen LogP contribution in [0.15, 0.2) is 36.0 Å². The molecule has 1 N–H and O–H groups in total. The number of ether oxygens (including phenoxy) is 4. The summed E-state index contributed by atoms with van der Waals surface area (Å²) in [5.41, 5.74) is 0.598. The number of hydrogen-bond acceptors (Lipinski definition) is 7. The van der Waals surface area contributed by atoms with Crippen molar-refractivity contribution in [2.45, 2.75) is 25.4 Å². The molecule has 1 aliphatic heterocycles. The van der Waals surface area contributed by atoms with Gasteiger partial charge in [-0.25, -0.2) is 9.59 Å². The zero-order chi connectivity index (χ0) is 18.1. The summed E-state index contributed by atoms with van der Waals surface area (Å²) in [6.07, 6.45) is 4.47. The van der Waals surface area contributed by atoms with Gasteiger partial charge in [0.05, 0.1) is 26.4 Å². The summed E-state index contributed by atoms with van der Waals surface area (Å²) in [6.45, 7) is 1.31. The average Bonchev–Trinajstić information content (AvgIpc) is 2.66. The lowest BCUT2D eigenvalue weighted by molar-refractivity contribution is -0.138. The summed E-state index contributed by atoms with van der Waals surface area (Å²) < 4.78 is 20.5. The Balaban J connectivity index is 1.94. The molecular formula is C18H23NO6. The van der Waals surface area contributed by atoms with Crippen LogP contribution in [-0.4, -0.2) is 45.5 Å². The zero-order valence-corrected chi connectivity index (χ0v) is 14.4. The van der Waals surface area contributed by atoms with E-state index in [9.17, 15) is 9.59 Å². The van der Waals surface area contributed by atoms with E-state index >= 15 is 0 Å². The van der Waals surface area contributed by atoms with E-state index in [0.717, 1.165) is 25.5 Å².